The Morgan fingerprint density at radius 1 is 1.43 bits per heavy atom. The Bertz CT molecular complexity index is 662. The molecule has 0 fully saturated rings. The summed E-state index contributed by atoms with van der Waals surface area (Å²) in [7, 11) is 0. The van der Waals surface area contributed by atoms with Gasteiger partial charge in [0.05, 0.1) is 6.61 Å². The average Bonchev–Trinajstić information content (AvgIpc) is 2.46. The van der Waals surface area contributed by atoms with Crippen LogP contribution in [0.2, 0.25) is 0 Å². The molecule has 1 N–H and O–H groups in total. The minimum absolute atomic E-state index is 0.00533. The Kier molecular flexibility index (Phi) is 4.42. The molecule has 2 aromatic rings. The lowest BCUT2D eigenvalue weighted by Gasteiger charge is -2.09. The van der Waals surface area contributed by atoms with Crippen molar-refractivity contribution in [2.75, 3.05) is 6.61 Å². The second kappa shape index (κ2) is 6.25. The third kappa shape index (κ3) is 3.31. The summed E-state index contributed by atoms with van der Waals surface area (Å²) in [4.78, 5) is 19.2. The number of esters is 1. The molecule has 0 aliphatic heterocycles. The lowest BCUT2D eigenvalue weighted by molar-refractivity contribution is 0.0513. The van der Waals surface area contributed by atoms with Crippen LogP contribution < -0.4 is 0 Å². The summed E-state index contributed by atoms with van der Waals surface area (Å²) < 4.78 is 30.8. The van der Waals surface area contributed by atoms with Gasteiger partial charge in [-0.05, 0) is 19.1 Å². The quantitative estimate of drug-likeness (QED) is 0.878. The molecule has 7 heteroatoms. The maximum atomic E-state index is 13.1. The number of halogens is 2. The van der Waals surface area contributed by atoms with Crippen molar-refractivity contribution in [1.29, 1.82) is 0 Å². The van der Waals surface area contributed by atoms with Gasteiger partial charge in [-0.25, -0.2) is 23.5 Å². The number of aromatic hydroxyl groups is 1. The first-order chi connectivity index (χ1) is 10.0. The molecule has 110 valence electrons. The lowest BCUT2D eigenvalue weighted by atomic mass is 10.1. The van der Waals surface area contributed by atoms with Gasteiger partial charge >= 0.3 is 5.97 Å². The number of hydrogen-bond donors (Lipinski definition) is 1. The topological polar surface area (TPSA) is 72.3 Å². The van der Waals surface area contributed by atoms with E-state index < -0.39 is 18.1 Å². The summed E-state index contributed by atoms with van der Waals surface area (Å²) in [6.07, 6.45) is -1.94. The Hall–Kier alpha value is -2.57. The van der Waals surface area contributed by atoms with Crippen LogP contribution in [0, 0.1) is 0 Å². The van der Waals surface area contributed by atoms with Gasteiger partial charge in [0.1, 0.15) is 17.0 Å². The number of ether oxygens (including phenoxy) is 1. The van der Waals surface area contributed by atoms with E-state index in [1.54, 1.807) is 13.0 Å². The molecule has 0 saturated heterocycles. The molecule has 1 aromatic carbocycles. The number of hydrogen-bond acceptors (Lipinski definition) is 5. The second-order valence-electron chi connectivity index (χ2n) is 4.06. The number of carbonyl (C=O) groups excluding carboxylic acids is 1. The molecular weight excluding hydrogens is 282 g/mol. The van der Waals surface area contributed by atoms with Crippen LogP contribution >= 0.6 is 0 Å². The summed E-state index contributed by atoms with van der Waals surface area (Å²) >= 11 is 0. The van der Waals surface area contributed by atoms with E-state index in [1.807, 2.05) is 0 Å². The van der Waals surface area contributed by atoms with Gasteiger partial charge in [-0.2, -0.15) is 0 Å². The molecule has 0 amide bonds. The van der Waals surface area contributed by atoms with Crippen LogP contribution in [0.3, 0.4) is 0 Å². The maximum Gasteiger partial charge on any atom is 0.341 e. The van der Waals surface area contributed by atoms with Crippen LogP contribution in [-0.4, -0.2) is 27.7 Å². The summed E-state index contributed by atoms with van der Waals surface area (Å²) in [6.45, 7) is 1.64. The molecule has 21 heavy (non-hydrogen) atoms. The Labute approximate surface area is 119 Å². The number of carbonyl (C=O) groups is 1. The van der Waals surface area contributed by atoms with E-state index in [4.69, 9.17) is 4.74 Å². The van der Waals surface area contributed by atoms with Crippen LogP contribution in [0.15, 0.2) is 30.5 Å². The zero-order valence-corrected chi connectivity index (χ0v) is 11.1. The monoisotopic (exact) mass is 294 g/mol. The van der Waals surface area contributed by atoms with Gasteiger partial charge in [0.25, 0.3) is 6.43 Å². The standard InChI is InChI=1S/C14H12F2N2O3/c1-2-21-14(20)10-7-17-13(18-11(10)12(15)16)8-4-3-5-9(19)6-8/h3-7,12,19H,2H2,1H3. The van der Waals surface area contributed by atoms with E-state index in [0.717, 1.165) is 6.20 Å². The number of nitrogens with zero attached hydrogens (tertiary/aromatic N) is 2. The van der Waals surface area contributed by atoms with Crippen molar-refractivity contribution in [3.63, 3.8) is 0 Å². The first kappa shape index (κ1) is 14.8. The largest absolute Gasteiger partial charge is 0.508 e. The molecule has 0 saturated carbocycles. The number of alkyl halides is 2. The smallest absolute Gasteiger partial charge is 0.341 e. The third-order valence-electron chi connectivity index (χ3n) is 2.62. The number of benzene rings is 1. The first-order valence-corrected chi connectivity index (χ1v) is 6.14. The van der Waals surface area contributed by atoms with Crippen molar-refractivity contribution < 1.29 is 23.4 Å². The molecule has 0 spiro atoms. The molecule has 0 radical (unpaired) electrons. The normalized spacial score (nSPS) is 10.7. The van der Waals surface area contributed by atoms with Gasteiger partial charge in [-0.3, -0.25) is 0 Å². The average molecular weight is 294 g/mol. The van der Waals surface area contributed by atoms with Crippen LogP contribution in [0.5, 0.6) is 5.75 Å². The van der Waals surface area contributed by atoms with Crippen molar-refractivity contribution in [1.82, 2.24) is 9.97 Å². The van der Waals surface area contributed by atoms with Gasteiger partial charge in [0, 0.05) is 11.8 Å². The van der Waals surface area contributed by atoms with E-state index >= 15 is 0 Å². The molecule has 0 bridgehead atoms. The molecule has 1 heterocycles. The van der Waals surface area contributed by atoms with Crippen molar-refractivity contribution in [3.8, 4) is 17.1 Å². The highest BCUT2D eigenvalue weighted by Crippen LogP contribution is 2.25. The van der Waals surface area contributed by atoms with E-state index in [2.05, 4.69) is 9.97 Å². The van der Waals surface area contributed by atoms with Gasteiger partial charge < -0.3 is 9.84 Å². The van der Waals surface area contributed by atoms with Crippen molar-refractivity contribution in [3.05, 3.63) is 41.7 Å². The third-order valence-corrected chi connectivity index (χ3v) is 2.62. The summed E-state index contributed by atoms with van der Waals surface area (Å²) in [5.74, 6) is -0.936. The minimum atomic E-state index is -2.94. The molecule has 0 unspecified atom stereocenters. The minimum Gasteiger partial charge on any atom is -0.508 e. The van der Waals surface area contributed by atoms with Crippen LogP contribution in [-0.2, 0) is 4.74 Å². The molecule has 0 atom stereocenters. The van der Waals surface area contributed by atoms with Gasteiger partial charge in [-0.1, -0.05) is 12.1 Å². The highest BCUT2D eigenvalue weighted by molar-refractivity contribution is 5.90. The highest BCUT2D eigenvalue weighted by atomic mass is 19.3. The van der Waals surface area contributed by atoms with Gasteiger partial charge in [-0.15, -0.1) is 0 Å². The van der Waals surface area contributed by atoms with Gasteiger partial charge in [0.2, 0.25) is 0 Å². The fourth-order valence-corrected chi connectivity index (χ4v) is 1.71. The maximum absolute atomic E-state index is 13.1. The predicted molar refractivity (Wildman–Crippen MR) is 70.0 cm³/mol. The number of phenolic OH excluding ortho intramolecular Hbond substituents is 1. The lowest BCUT2D eigenvalue weighted by Crippen LogP contribution is -2.11. The molecule has 5 nitrogen and oxygen atoms in total. The number of phenols is 1. The van der Waals surface area contributed by atoms with Crippen LogP contribution in [0.25, 0.3) is 11.4 Å². The highest BCUT2D eigenvalue weighted by Gasteiger charge is 2.23. The summed E-state index contributed by atoms with van der Waals surface area (Å²) in [5, 5.41) is 9.39. The molecular formula is C14H12F2N2O3. The van der Waals surface area contributed by atoms with E-state index in [0.29, 0.717) is 5.56 Å². The molecule has 0 aliphatic carbocycles. The Morgan fingerprint density at radius 2 is 2.19 bits per heavy atom. The predicted octanol–water partition coefficient (Wildman–Crippen LogP) is 2.96. The Balaban J connectivity index is 2.48. The van der Waals surface area contributed by atoms with E-state index in [9.17, 15) is 18.7 Å². The number of rotatable bonds is 4. The van der Waals surface area contributed by atoms with Crippen LogP contribution in [0.1, 0.15) is 29.4 Å². The van der Waals surface area contributed by atoms with Gasteiger partial charge in [0.15, 0.2) is 5.82 Å². The van der Waals surface area contributed by atoms with E-state index in [1.165, 1.54) is 18.2 Å². The zero-order chi connectivity index (χ0) is 15.4. The Morgan fingerprint density at radius 3 is 2.81 bits per heavy atom. The molecule has 1 aromatic heterocycles. The summed E-state index contributed by atoms with van der Waals surface area (Å²) in [5.41, 5.74) is -0.690. The first-order valence-electron chi connectivity index (χ1n) is 6.14. The van der Waals surface area contributed by atoms with Crippen molar-refractivity contribution >= 4 is 5.97 Å². The van der Waals surface area contributed by atoms with Crippen LogP contribution in [0.4, 0.5) is 8.78 Å². The van der Waals surface area contributed by atoms with E-state index in [-0.39, 0.29) is 23.7 Å². The molecule has 0 aliphatic rings. The SMILES string of the molecule is CCOC(=O)c1cnc(-c2cccc(O)c2)nc1C(F)F. The van der Waals surface area contributed by atoms with Crippen molar-refractivity contribution in [2.45, 2.75) is 13.3 Å². The van der Waals surface area contributed by atoms with Crippen molar-refractivity contribution in [2.24, 2.45) is 0 Å². The fraction of sp³-hybridized carbons (Fsp3) is 0.214. The summed E-state index contributed by atoms with van der Waals surface area (Å²) in [6, 6.07) is 5.88. The fourth-order valence-electron chi connectivity index (χ4n) is 1.71. The second-order valence-corrected chi connectivity index (χ2v) is 4.06. The molecule has 2 rings (SSSR count). The zero-order valence-electron chi connectivity index (χ0n) is 11.1. The number of aromatic nitrogens is 2.